The van der Waals surface area contributed by atoms with Crippen molar-refractivity contribution < 1.29 is 13.6 Å². The van der Waals surface area contributed by atoms with E-state index in [4.69, 9.17) is 4.42 Å². The van der Waals surface area contributed by atoms with Crippen LogP contribution in [0.3, 0.4) is 0 Å². The van der Waals surface area contributed by atoms with Gasteiger partial charge in [0.05, 0.1) is 18.8 Å². The van der Waals surface area contributed by atoms with Crippen LogP contribution >= 0.6 is 0 Å². The van der Waals surface area contributed by atoms with Gasteiger partial charge in [0.1, 0.15) is 17.3 Å². The molecular formula is C23H19FN4O4. The molecule has 0 fully saturated rings. The van der Waals surface area contributed by atoms with Crippen molar-refractivity contribution >= 4 is 5.91 Å². The molecule has 0 radical (unpaired) electrons. The second kappa shape index (κ2) is 8.84. The highest BCUT2D eigenvalue weighted by molar-refractivity contribution is 5.91. The standard InChI is InChI=1S/C23H19FN4O4/c1-15(16-8-3-2-4-9-16)27-22(30)20(21(29)25-14-17-10-7-13-32-17)26-28(23(27)31)19-12-6-5-11-18(19)24/h2-13,15H,14H2,1H3,(H,25,29)/t15-/m1/s1. The first-order valence-electron chi connectivity index (χ1n) is 9.83. The molecule has 0 bridgehead atoms. The number of carbonyl (C=O) groups is 1. The van der Waals surface area contributed by atoms with Crippen LogP contribution in [0.15, 0.2) is 87.0 Å². The predicted molar refractivity (Wildman–Crippen MR) is 114 cm³/mol. The molecule has 0 saturated heterocycles. The Labute approximate surface area is 181 Å². The molecule has 0 saturated carbocycles. The van der Waals surface area contributed by atoms with Crippen molar-refractivity contribution in [2.75, 3.05) is 0 Å². The number of hydrogen-bond donors (Lipinski definition) is 1. The van der Waals surface area contributed by atoms with Gasteiger partial charge in [-0.25, -0.2) is 13.8 Å². The number of aromatic nitrogens is 3. The van der Waals surface area contributed by atoms with Gasteiger partial charge in [-0.2, -0.15) is 9.78 Å². The van der Waals surface area contributed by atoms with Gasteiger partial charge in [0.15, 0.2) is 0 Å². The maximum Gasteiger partial charge on any atom is 0.352 e. The fourth-order valence-electron chi connectivity index (χ4n) is 3.30. The van der Waals surface area contributed by atoms with Crippen molar-refractivity contribution in [1.82, 2.24) is 19.7 Å². The summed E-state index contributed by atoms with van der Waals surface area (Å²) in [7, 11) is 0. The Morgan fingerprint density at radius 2 is 1.78 bits per heavy atom. The Morgan fingerprint density at radius 1 is 1.06 bits per heavy atom. The Hall–Kier alpha value is -4.27. The summed E-state index contributed by atoms with van der Waals surface area (Å²) in [4.78, 5) is 39.2. The molecule has 1 atom stereocenters. The zero-order valence-electron chi connectivity index (χ0n) is 17.1. The largest absolute Gasteiger partial charge is 0.467 e. The molecule has 0 spiro atoms. The van der Waals surface area contributed by atoms with Crippen molar-refractivity contribution in [2.24, 2.45) is 0 Å². The molecule has 2 aromatic heterocycles. The second-order valence-corrected chi connectivity index (χ2v) is 7.02. The molecule has 2 heterocycles. The maximum atomic E-state index is 14.5. The van der Waals surface area contributed by atoms with Gasteiger partial charge in [-0.1, -0.05) is 42.5 Å². The van der Waals surface area contributed by atoms with E-state index in [1.807, 2.05) is 0 Å². The fourth-order valence-corrected chi connectivity index (χ4v) is 3.30. The van der Waals surface area contributed by atoms with Crippen LogP contribution in [-0.4, -0.2) is 20.3 Å². The normalized spacial score (nSPS) is 11.8. The van der Waals surface area contributed by atoms with Crippen LogP contribution in [0, 0.1) is 5.82 Å². The number of benzene rings is 2. The quantitative estimate of drug-likeness (QED) is 0.503. The molecule has 8 nitrogen and oxygen atoms in total. The number of amides is 1. The summed E-state index contributed by atoms with van der Waals surface area (Å²) in [6.45, 7) is 1.66. The third-order valence-corrected chi connectivity index (χ3v) is 4.98. The zero-order chi connectivity index (χ0) is 22.7. The Kier molecular flexibility index (Phi) is 5.80. The first-order chi connectivity index (χ1) is 15.5. The first-order valence-corrected chi connectivity index (χ1v) is 9.83. The SMILES string of the molecule is C[C@H](c1ccccc1)n1c(=O)c(C(=O)NCc2ccco2)nn(-c2ccccc2F)c1=O. The molecule has 4 rings (SSSR count). The van der Waals surface area contributed by atoms with Crippen LogP contribution in [-0.2, 0) is 6.54 Å². The third kappa shape index (κ3) is 4.00. The van der Waals surface area contributed by atoms with Crippen molar-refractivity contribution in [3.05, 3.63) is 117 Å². The minimum Gasteiger partial charge on any atom is -0.467 e. The number of halogens is 1. The van der Waals surface area contributed by atoms with Crippen LogP contribution in [0.1, 0.15) is 34.8 Å². The molecule has 1 N–H and O–H groups in total. The van der Waals surface area contributed by atoms with Gasteiger partial charge < -0.3 is 9.73 Å². The van der Waals surface area contributed by atoms with E-state index < -0.39 is 34.7 Å². The molecule has 162 valence electrons. The van der Waals surface area contributed by atoms with E-state index in [-0.39, 0.29) is 12.2 Å². The highest BCUT2D eigenvalue weighted by atomic mass is 19.1. The van der Waals surface area contributed by atoms with Crippen molar-refractivity contribution in [2.45, 2.75) is 19.5 Å². The van der Waals surface area contributed by atoms with Crippen LogP contribution in [0.5, 0.6) is 0 Å². The van der Waals surface area contributed by atoms with Crippen LogP contribution in [0.2, 0.25) is 0 Å². The number of rotatable bonds is 6. The molecule has 0 aliphatic heterocycles. The number of para-hydroxylation sites is 1. The summed E-state index contributed by atoms with van der Waals surface area (Å²) in [5.41, 5.74) is -1.79. The topological polar surface area (TPSA) is 99.1 Å². The minimum absolute atomic E-state index is 0.0139. The summed E-state index contributed by atoms with van der Waals surface area (Å²) < 4.78 is 21.3. The third-order valence-electron chi connectivity index (χ3n) is 4.98. The number of nitrogens with zero attached hydrogens (tertiary/aromatic N) is 3. The van der Waals surface area contributed by atoms with Gasteiger partial charge in [-0.3, -0.25) is 9.59 Å². The lowest BCUT2D eigenvalue weighted by Gasteiger charge is -2.18. The molecule has 9 heteroatoms. The molecule has 0 aliphatic carbocycles. The average Bonchev–Trinajstić information content (AvgIpc) is 3.33. The van der Waals surface area contributed by atoms with Gasteiger partial charge in [0.2, 0.25) is 5.69 Å². The average molecular weight is 434 g/mol. The number of nitrogens with one attached hydrogen (secondary N) is 1. The summed E-state index contributed by atoms with van der Waals surface area (Å²) in [5.74, 6) is -1.06. The summed E-state index contributed by atoms with van der Waals surface area (Å²) in [6.07, 6.45) is 1.45. The van der Waals surface area contributed by atoms with Crippen molar-refractivity contribution in [3.8, 4) is 5.69 Å². The van der Waals surface area contributed by atoms with E-state index in [0.717, 1.165) is 15.3 Å². The van der Waals surface area contributed by atoms with E-state index in [1.54, 1.807) is 49.4 Å². The molecule has 1 amide bonds. The monoisotopic (exact) mass is 434 g/mol. The highest BCUT2D eigenvalue weighted by Crippen LogP contribution is 2.15. The minimum atomic E-state index is -0.879. The predicted octanol–water partition coefficient (Wildman–Crippen LogP) is 2.67. The fraction of sp³-hybridized carbons (Fsp3) is 0.130. The van der Waals surface area contributed by atoms with Crippen molar-refractivity contribution in [1.29, 1.82) is 0 Å². The van der Waals surface area contributed by atoms with Gasteiger partial charge in [0.25, 0.3) is 11.5 Å². The van der Waals surface area contributed by atoms with E-state index in [9.17, 15) is 18.8 Å². The van der Waals surface area contributed by atoms with E-state index in [2.05, 4.69) is 10.4 Å². The first kappa shape index (κ1) is 21.0. The highest BCUT2D eigenvalue weighted by Gasteiger charge is 2.24. The number of hydrogen-bond acceptors (Lipinski definition) is 5. The molecule has 0 unspecified atom stereocenters. The molecule has 2 aromatic carbocycles. The lowest BCUT2D eigenvalue weighted by Crippen LogP contribution is -2.47. The van der Waals surface area contributed by atoms with Crippen LogP contribution in [0.4, 0.5) is 4.39 Å². The zero-order valence-corrected chi connectivity index (χ0v) is 17.1. The smallest absolute Gasteiger partial charge is 0.352 e. The Balaban J connectivity index is 1.87. The van der Waals surface area contributed by atoms with E-state index in [1.165, 1.54) is 24.5 Å². The molecular weight excluding hydrogens is 415 g/mol. The Bertz CT molecular complexity index is 1360. The lowest BCUT2D eigenvalue weighted by molar-refractivity contribution is 0.0938. The lowest BCUT2D eigenvalue weighted by atomic mass is 10.1. The van der Waals surface area contributed by atoms with Crippen molar-refractivity contribution in [3.63, 3.8) is 0 Å². The van der Waals surface area contributed by atoms with Gasteiger partial charge in [-0.15, -0.1) is 0 Å². The molecule has 32 heavy (non-hydrogen) atoms. The van der Waals surface area contributed by atoms with Gasteiger partial charge in [0, 0.05) is 0 Å². The van der Waals surface area contributed by atoms with Gasteiger partial charge in [-0.05, 0) is 36.8 Å². The maximum absolute atomic E-state index is 14.5. The summed E-state index contributed by atoms with van der Waals surface area (Å²) in [5, 5.41) is 6.47. The molecule has 0 aliphatic rings. The summed E-state index contributed by atoms with van der Waals surface area (Å²) in [6, 6.07) is 16.9. The van der Waals surface area contributed by atoms with Gasteiger partial charge >= 0.3 is 5.69 Å². The summed E-state index contributed by atoms with van der Waals surface area (Å²) >= 11 is 0. The molecule has 4 aromatic rings. The Morgan fingerprint density at radius 3 is 2.47 bits per heavy atom. The number of furan rings is 1. The van der Waals surface area contributed by atoms with E-state index >= 15 is 0 Å². The van der Waals surface area contributed by atoms with E-state index in [0.29, 0.717) is 11.3 Å². The second-order valence-electron chi connectivity index (χ2n) is 7.02. The van der Waals surface area contributed by atoms with Crippen LogP contribution < -0.4 is 16.6 Å². The number of carbonyl (C=O) groups excluding carboxylic acids is 1. The van der Waals surface area contributed by atoms with Crippen LogP contribution in [0.25, 0.3) is 5.69 Å².